The third kappa shape index (κ3) is 5.37. The molecule has 0 bridgehead atoms. The van der Waals surface area contributed by atoms with Gasteiger partial charge < -0.3 is 5.32 Å². The number of carbonyl (C=O) groups is 2. The number of aryl methyl sites for hydroxylation is 2. The molecule has 0 unspecified atom stereocenters. The summed E-state index contributed by atoms with van der Waals surface area (Å²) in [6, 6.07) is 23.3. The molecule has 3 aromatic rings. The van der Waals surface area contributed by atoms with Gasteiger partial charge in [-0.2, -0.15) is 10.1 Å². The monoisotopic (exact) mass is 516 g/mol. The van der Waals surface area contributed by atoms with E-state index in [1.165, 1.54) is 17.3 Å². The summed E-state index contributed by atoms with van der Waals surface area (Å²) in [7, 11) is 0. The summed E-state index contributed by atoms with van der Waals surface area (Å²) in [6.07, 6.45) is 0.704. The molecule has 0 fully saturated rings. The topological polar surface area (TPSA) is 74.1 Å². The molecule has 2 atom stereocenters. The minimum absolute atomic E-state index is 0.0401. The van der Waals surface area contributed by atoms with Gasteiger partial charge in [0.1, 0.15) is 5.25 Å². The Hall–Kier alpha value is -3.42. The molecule has 2 amide bonds. The van der Waals surface area contributed by atoms with Crippen LogP contribution in [0, 0.1) is 13.8 Å². The largest absolute Gasteiger partial charge is 0.326 e. The zero-order valence-electron chi connectivity index (χ0n) is 19.9. The van der Waals surface area contributed by atoms with Crippen LogP contribution in [0.15, 0.2) is 82.9 Å². The number of aliphatic imine (C=N–C) groups is 1. The van der Waals surface area contributed by atoms with Crippen molar-refractivity contribution in [1.82, 2.24) is 5.01 Å². The molecule has 2 aliphatic rings. The van der Waals surface area contributed by atoms with Crippen LogP contribution in [0.1, 0.15) is 41.1 Å². The van der Waals surface area contributed by atoms with E-state index in [2.05, 4.69) is 34.6 Å². The zero-order chi connectivity index (χ0) is 25.2. The maximum atomic E-state index is 12.8. The van der Waals surface area contributed by atoms with E-state index >= 15 is 0 Å². The van der Waals surface area contributed by atoms with Gasteiger partial charge in [0.05, 0.1) is 11.8 Å². The third-order valence-electron chi connectivity index (χ3n) is 6.15. The molecule has 1 N–H and O–H groups in total. The summed E-state index contributed by atoms with van der Waals surface area (Å²) in [5, 5.41) is 10.2. The number of benzene rings is 3. The number of anilines is 1. The number of thioether (sulfide) groups is 1. The lowest BCUT2D eigenvalue weighted by Crippen LogP contribution is -2.25. The number of hydrogen-bond donors (Lipinski definition) is 1. The van der Waals surface area contributed by atoms with Gasteiger partial charge in [0, 0.05) is 23.6 Å². The van der Waals surface area contributed by atoms with Gasteiger partial charge in [-0.05, 0) is 54.8 Å². The van der Waals surface area contributed by atoms with Crippen LogP contribution >= 0.6 is 23.4 Å². The van der Waals surface area contributed by atoms with Crippen molar-refractivity contribution in [1.29, 1.82) is 0 Å². The number of rotatable bonds is 5. The Morgan fingerprint density at radius 2 is 1.81 bits per heavy atom. The standard InChI is InChI=1S/C28H25ClN4O2S/c1-17-6-8-19(9-7-17)23-15-24(20-10-12-21(29)13-11-20)33(32-23)28-31-27(35)25(36-28)16-26(34)30-22-5-3-4-18(2)14-22/h3-14,24-25H,15-16H2,1-2H3,(H,30,34)/t24-,25-/m1/s1. The molecule has 0 saturated heterocycles. The molecule has 0 aliphatic carbocycles. The highest BCUT2D eigenvalue weighted by Crippen LogP contribution is 2.39. The van der Waals surface area contributed by atoms with Crippen molar-refractivity contribution in [2.75, 3.05) is 5.32 Å². The predicted molar refractivity (Wildman–Crippen MR) is 147 cm³/mol. The molecule has 182 valence electrons. The van der Waals surface area contributed by atoms with E-state index in [4.69, 9.17) is 16.7 Å². The van der Waals surface area contributed by atoms with Gasteiger partial charge in [0.25, 0.3) is 5.91 Å². The van der Waals surface area contributed by atoms with Crippen LogP contribution in [0.3, 0.4) is 0 Å². The first kappa shape index (κ1) is 24.3. The highest BCUT2D eigenvalue weighted by molar-refractivity contribution is 8.15. The maximum Gasteiger partial charge on any atom is 0.262 e. The van der Waals surface area contributed by atoms with E-state index in [1.54, 1.807) is 0 Å². The van der Waals surface area contributed by atoms with Crippen molar-refractivity contribution < 1.29 is 9.59 Å². The number of amides is 2. The van der Waals surface area contributed by atoms with Crippen molar-refractivity contribution in [2.45, 2.75) is 38.0 Å². The lowest BCUT2D eigenvalue weighted by Gasteiger charge is -2.23. The molecule has 0 aromatic heterocycles. The van der Waals surface area contributed by atoms with Gasteiger partial charge in [0.2, 0.25) is 5.91 Å². The van der Waals surface area contributed by atoms with Crippen molar-refractivity contribution >= 4 is 51.7 Å². The number of carbonyl (C=O) groups excluding carboxylic acids is 2. The molecule has 0 radical (unpaired) electrons. The maximum absolute atomic E-state index is 12.8. The highest BCUT2D eigenvalue weighted by Gasteiger charge is 2.39. The number of halogens is 1. The van der Waals surface area contributed by atoms with Gasteiger partial charge in [-0.25, -0.2) is 5.01 Å². The average Bonchev–Trinajstić information content (AvgIpc) is 3.44. The number of amidine groups is 1. The summed E-state index contributed by atoms with van der Waals surface area (Å²) in [5.41, 5.74) is 5.93. The molecule has 3 aromatic carbocycles. The van der Waals surface area contributed by atoms with Crippen molar-refractivity contribution in [3.8, 4) is 0 Å². The smallest absolute Gasteiger partial charge is 0.262 e. The molecule has 5 rings (SSSR count). The first-order chi connectivity index (χ1) is 17.4. The molecule has 2 heterocycles. The number of hydrazone groups is 1. The summed E-state index contributed by atoms with van der Waals surface area (Å²) in [5.74, 6) is -0.536. The summed E-state index contributed by atoms with van der Waals surface area (Å²) >= 11 is 7.41. The van der Waals surface area contributed by atoms with Crippen LogP contribution in [-0.2, 0) is 9.59 Å². The molecular weight excluding hydrogens is 492 g/mol. The fourth-order valence-corrected chi connectivity index (χ4v) is 5.45. The van der Waals surface area contributed by atoms with Gasteiger partial charge in [-0.15, -0.1) is 0 Å². The van der Waals surface area contributed by atoms with E-state index in [1.807, 2.05) is 67.4 Å². The van der Waals surface area contributed by atoms with Gasteiger partial charge in [0.15, 0.2) is 5.17 Å². The fraction of sp³-hybridized carbons (Fsp3) is 0.214. The van der Waals surface area contributed by atoms with Gasteiger partial charge >= 0.3 is 0 Å². The Morgan fingerprint density at radius 1 is 1.06 bits per heavy atom. The first-order valence-electron chi connectivity index (χ1n) is 11.7. The van der Waals surface area contributed by atoms with Gasteiger partial charge in [-0.1, -0.05) is 77.5 Å². The van der Waals surface area contributed by atoms with Crippen molar-refractivity contribution in [3.63, 3.8) is 0 Å². The lowest BCUT2D eigenvalue weighted by atomic mass is 9.98. The van der Waals surface area contributed by atoms with E-state index in [9.17, 15) is 9.59 Å². The second kappa shape index (κ2) is 10.3. The van der Waals surface area contributed by atoms with E-state index in [0.29, 0.717) is 22.3 Å². The second-order valence-corrected chi connectivity index (χ2v) is 10.6. The highest BCUT2D eigenvalue weighted by atomic mass is 35.5. The second-order valence-electron chi connectivity index (χ2n) is 8.99. The molecule has 6 nitrogen and oxygen atoms in total. The van der Waals surface area contributed by atoms with Crippen molar-refractivity contribution in [3.05, 3.63) is 100 Å². The first-order valence-corrected chi connectivity index (χ1v) is 13.0. The minimum atomic E-state index is -0.589. The number of nitrogens with zero attached hydrogens (tertiary/aromatic N) is 3. The van der Waals surface area contributed by atoms with E-state index in [0.717, 1.165) is 22.4 Å². The minimum Gasteiger partial charge on any atom is -0.326 e. The Kier molecular flexibility index (Phi) is 6.94. The number of hydrogen-bond acceptors (Lipinski definition) is 5. The molecule has 2 aliphatic heterocycles. The Morgan fingerprint density at radius 3 is 2.53 bits per heavy atom. The van der Waals surface area contributed by atoms with E-state index in [-0.39, 0.29) is 24.3 Å². The SMILES string of the molecule is Cc1ccc(C2=NN(C3=NC(=O)[C@@H](CC(=O)Nc4cccc(C)c4)S3)[C@@H](c3ccc(Cl)cc3)C2)cc1. The Balaban J connectivity index is 1.35. The van der Waals surface area contributed by atoms with Crippen LogP contribution in [-0.4, -0.2) is 33.0 Å². The Labute approximate surface area is 219 Å². The zero-order valence-corrected chi connectivity index (χ0v) is 21.5. The van der Waals surface area contributed by atoms with Crippen LogP contribution in [0.5, 0.6) is 0 Å². The van der Waals surface area contributed by atoms with E-state index < -0.39 is 5.25 Å². The lowest BCUT2D eigenvalue weighted by molar-refractivity contribution is -0.121. The quantitative estimate of drug-likeness (QED) is 0.442. The van der Waals surface area contributed by atoms with Crippen LogP contribution in [0.4, 0.5) is 5.69 Å². The molecule has 36 heavy (non-hydrogen) atoms. The van der Waals surface area contributed by atoms with Gasteiger partial charge in [-0.3, -0.25) is 9.59 Å². The summed E-state index contributed by atoms with van der Waals surface area (Å²) in [4.78, 5) is 29.7. The van der Waals surface area contributed by atoms with Crippen LogP contribution in [0.25, 0.3) is 0 Å². The number of nitrogens with one attached hydrogen (secondary N) is 1. The fourth-order valence-electron chi connectivity index (χ4n) is 4.26. The van der Waals surface area contributed by atoms with Crippen LogP contribution < -0.4 is 5.32 Å². The average molecular weight is 517 g/mol. The summed E-state index contributed by atoms with van der Waals surface area (Å²) in [6.45, 7) is 4.01. The normalized spacial score (nSPS) is 19.3. The van der Waals surface area contributed by atoms with Crippen molar-refractivity contribution in [2.24, 2.45) is 10.1 Å². The third-order valence-corrected chi connectivity index (χ3v) is 7.54. The summed E-state index contributed by atoms with van der Waals surface area (Å²) < 4.78 is 0. The predicted octanol–water partition coefficient (Wildman–Crippen LogP) is 6.13. The molecule has 0 spiro atoms. The molecule has 8 heteroatoms. The molecular formula is C28H25ClN4O2S. The Bertz CT molecular complexity index is 1370. The van der Waals surface area contributed by atoms with Crippen LogP contribution in [0.2, 0.25) is 5.02 Å². The molecule has 0 saturated carbocycles.